The third-order valence-corrected chi connectivity index (χ3v) is 3.66. The second kappa shape index (κ2) is 6.48. The highest BCUT2D eigenvalue weighted by Gasteiger charge is 2.06. The Morgan fingerprint density at radius 2 is 2.05 bits per heavy atom. The Morgan fingerprint density at radius 1 is 1.32 bits per heavy atom. The zero-order valence-electron chi connectivity index (χ0n) is 11.2. The quantitative estimate of drug-likeness (QED) is 0.905. The summed E-state index contributed by atoms with van der Waals surface area (Å²) in [5.74, 6) is 0.596. The summed E-state index contributed by atoms with van der Waals surface area (Å²) in [6, 6.07) is 7.58. The Kier molecular flexibility index (Phi) is 4.68. The minimum absolute atomic E-state index is 0.00802. The molecule has 0 aliphatic rings. The number of nitrogens with one attached hydrogen (secondary N) is 1. The lowest BCUT2D eigenvalue weighted by atomic mass is 10.1. The molecule has 3 nitrogen and oxygen atoms in total. The molecule has 1 amide bonds. The lowest BCUT2D eigenvalue weighted by molar-refractivity contribution is 0.0952. The second-order valence-corrected chi connectivity index (χ2v) is 5.75. The van der Waals surface area contributed by atoms with Crippen LogP contribution in [0.15, 0.2) is 35.8 Å². The summed E-state index contributed by atoms with van der Waals surface area (Å²) in [5, 5.41) is 5.86. The van der Waals surface area contributed by atoms with Crippen molar-refractivity contribution in [1.82, 2.24) is 10.3 Å². The van der Waals surface area contributed by atoms with Gasteiger partial charge < -0.3 is 5.32 Å². The molecule has 0 saturated heterocycles. The van der Waals surface area contributed by atoms with Crippen molar-refractivity contribution >= 4 is 17.2 Å². The van der Waals surface area contributed by atoms with Gasteiger partial charge in [0.1, 0.15) is 5.01 Å². The maximum absolute atomic E-state index is 11.9. The van der Waals surface area contributed by atoms with Gasteiger partial charge in [-0.2, -0.15) is 0 Å². The second-order valence-electron chi connectivity index (χ2n) is 4.85. The van der Waals surface area contributed by atoms with Gasteiger partial charge in [-0.3, -0.25) is 4.79 Å². The van der Waals surface area contributed by atoms with Crippen molar-refractivity contribution in [2.24, 2.45) is 5.92 Å². The highest BCUT2D eigenvalue weighted by molar-refractivity contribution is 7.13. The summed E-state index contributed by atoms with van der Waals surface area (Å²) >= 11 is 1.60. The molecule has 0 unspecified atom stereocenters. The third kappa shape index (κ3) is 3.89. The van der Waals surface area contributed by atoms with Gasteiger partial charge in [0.2, 0.25) is 0 Å². The van der Waals surface area contributed by atoms with E-state index in [4.69, 9.17) is 0 Å². The Bertz CT molecular complexity index is 518. The average molecular weight is 274 g/mol. The molecule has 0 fully saturated rings. The SMILES string of the molecule is CC(C)CCNC(=O)c1ccc(-c2nccs2)cc1. The van der Waals surface area contributed by atoms with E-state index < -0.39 is 0 Å². The molecule has 1 aromatic heterocycles. The molecule has 0 bridgehead atoms. The van der Waals surface area contributed by atoms with Crippen LogP contribution in [0.5, 0.6) is 0 Å². The van der Waals surface area contributed by atoms with Crippen LogP contribution in [0.3, 0.4) is 0 Å². The number of benzene rings is 1. The maximum Gasteiger partial charge on any atom is 0.251 e. The minimum Gasteiger partial charge on any atom is -0.352 e. The zero-order valence-corrected chi connectivity index (χ0v) is 12.0. The van der Waals surface area contributed by atoms with Crippen LogP contribution in [-0.4, -0.2) is 17.4 Å². The fraction of sp³-hybridized carbons (Fsp3) is 0.333. The van der Waals surface area contributed by atoms with Crippen molar-refractivity contribution in [3.63, 3.8) is 0 Å². The van der Waals surface area contributed by atoms with Gasteiger partial charge in [0, 0.05) is 29.2 Å². The molecule has 19 heavy (non-hydrogen) atoms. The standard InChI is InChI=1S/C15H18N2OS/c1-11(2)7-8-16-14(18)12-3-5-13(6-4-12)15-17-9-10-19-15/h3-6,9-11H,7-8H2,1-2H3,(H,16,18). The van der Waals surface area contributed by atoms with Crippen molar-refractivity contribution in [2.75, 3.05) is 6.54 Å². The molecule has 0 aliphatic carbocycles. The van der Waals surface area contributed by atoms with Gasteiger partial charge in [-0.25, -0.2) is 4.98 Å². The van der Waals surface area contributed by atoms with Crippen LogP contribution >= 0.6 is 11.3 Å². The molecule has 1 aromatic carbocycles. The maximum atomic E-state index is 11.9. The Morgan fingerprint density at radius 3 is 2.63 bits per heavy atom. The smallest absolute Gasteiger partial charge is 0.251 e. The van der Waals surface area contributed by atoms with E-state index in [1.54, 1.807) is 17.5 Å². The van der Waals surface area contributed by atoms with Crippen molar-refractivity contribution in [1.29, 1.82) is 0 Å². The summed E-state index contributed by atoms with van der Waals surface area (Å²) in [5.41, 5.74) is 1.75. The molecular formula is C15H18N2OS. The van der Waals surface area contributed by atoms with Gasteiger partial charge in [0.25, 0.3) is 5.91 Å². The number of rotatable bonds is 5. The van der Waals surface area contributed by atoms with Crippen molar-refractivity contribution < 1.29 is 4.79 Å². The normalized spacial score (nSPS) is 10.7. The molecule has 4 heteroatoms. The number of carbonyl (C=O) groups is 1. The van der Waals surface area contributed by atoms with Crippen LogP contribution in [0.25, 0.3) is 10.6 Å². The van der Waals surface area contributed by atoms with Gasteiger partial charge in [-0.15, -0.1) is 11.3 Å². The summed E-state index contributed by atoms with van der Waals surface area (Å²) in [7, 11) is 0. The molecule has 0 spiro atoms. The van der Waals surface area contributed by atoms with E-state index in [-0.39, 0.29) is 5.91 Å². The van der Waals surface area contributed by atoms with Crippen LogP contribution in [-0.2, 0) is 0 Å². The predicted molar refractivity (Wildman–Crippen MR) is 79.3 cm³/mol. The van der Waals surface area contributed by atoms with Crippen molar-refractivity contribution in [3.05, 3.63) is 41.4 Å². The van der Waals surface area contributed by atoms with E-state index in [9.17, 15) is 4.79 Å². The van der Waals surface area contributed by atoms with Gasteiger partial charge in [-0.05, 0) is 24.5 Å². The Balaban J connectivity index is 1.96. The van der Waals surface area contributed by atoms with Crippen LogP contribution in [0.2, 0.25) is 0 Å². The molecule has 0 atom stereocenters. The summed E-state index contributed by atoms with van der Waals surface area (Å²) in [4.78, 5) is 16.1. The minimum atomic E-state index is -0.00802. The number of hydrogen-bond acceptors (Lipinski definition) is 3. The molecule has 100 valence electrons. The Hall–Kier alpha value is -1.68. The van der Waals surface area contributed by atoms with Gasteiger partial charge in [-0.1, -0.05) is 26.0 Å². The number of carbonyl (C=O) groups excluding carboxylic acids is 1. The number of thiazole rings is 1. The fourth-order valence-electron chi connectivity index (χ4n) is 1.71. The van der Waals surface area contributed by atoms with Crippen LogP contribution in [0.1, 0.15) is 30.6 Å². The third-order valence-electron chi connectivity index (χ3n) is 2.83. The van der Waals surface area contributed by atoms with E-state index in [2.05, 4.69) is 24.1 Å². The van der Waals surface area contributed by atoms with E-state index in [0.29, 0.717) is 11.5 Å². The van der Waals surface area contributed by atoms with E-state index in [1.165, 1.54) is 0 Å². The number of hydrogen-bond donors (Lipinski definition) is 1. The summed E-state index contributed by atoms with van der Waals surface area (Å²) in [6.45, 7) is 5.02. The summed E-state index contributed by atoms with van der Waals surface area (Å²) < 4.78 is 0. The molecular weight excluding hydrogens is 256 g/mol. The topological polar surface area (TPSA) is 42.0 Å². The monoisotopic (exact) mass is 274 g/mol. The van der Waals surface area contributed by atoms with E-state index in [0.717, 1.165) is 23.5 Å². The highest BCUT2D eigenvalue weighted by Crippen LogP contribution is 2.21. The Labute approximate surface area is 117 Å². The lowest BCUT2D eigenvalue weighted by Gasteiger charge is -2.07. The fourth-order valence-corrected chi connectivity index (χ4v) is 2.35. The average Bonchev–Trinajstić information content (AvgIpc) is 2.92. The predicted octanol–water partition coefficient (Wildman–Crippen LogP) is 3.59. The van der Waals surface area contributed by atoms with E-state index >= 15 is 0 Å². The summed E-state index contributed by atoms with van der Waals surface area (Å²) in [6.07, 6.45) is 2.79. The zero-order chi connectivity index (χ0) is 13.7. The molecule has 2 aromatic rings. The lowest BCUT2D eigenvalue weighted by Crippen LogP contribution is -2.25. The molecule has 0 aliphatic heterocycles. The molecule has 1 heterocycles. The highest BCUT2D eigenvalue weighted by atomic mass is 32.1. The van der Waals surface area contributed by atoms with Gasteiger partial charge >= 0.3 is 0 Å². The van der Waals surface area contributed by atoms with Crippen LogP contribution in [0.4, 0.5) is 0 Å². The number of aromatic nitrogens is 1. The van der Waals surface area contributed by atoms with Crippen molar-refractivity contribution in [3.8, 4) is 10.6 Å². The number of nitrogens with zero attached hydrogens (tertiary/aromatic N) is 1. The molecule has 0 radical (unpaired) electrons. The molecule has 1 N–H and O–H groups in total. The first-order chi connectivity index (χ1) is 9.16. The van der Waals surface area contributed by atoms with Gasteiger partial charge in [0.15, 0.2) is 0 Å². The van der Waals surface area contributed by atoms with Crippen molar-refractivity contribution in [2.45, 2.75) is 20.3 Å². The van der Waals surface area contributed by atoms with Gasteiger partial charge in [0.05, 0.1) is 0 Å². The molecule has 0 saturated carbocycles. The van der Waals surface area contributed by atoms with Crippen LogP contribution < -0.4 is 5.32 Å². The number of amides is 1. The molecule has 2 rings (SSSR count). The van der Waals surface area contributed by atoms with Crippen LogP contribution in [0, 0.1) is 5.92 Å². The van der Waals surface area contributed by atoms with E-state index in [1.807, 2.05) is 29.6 Å². The first-order valence-corrected chi connectivity index (χ1v) is 7.33. The first kappa shape index (κ1) is 13.7. The first-order valence-electron chi connectivity index (χ1n) is 6.45. The largest absolute Gasteiger partial charge is 0.352 e.